The van der Waals surface area contributed by atoms with Gasteiger partial charge in [-0.1, -0.05) is 31.5 Å². The number of aromatic amines is 1. The SMILES string of the molecule is CCC1CN2CCc3c([nH]c4ccccc34)C2CC1/C(=C/OC)C(=O)OC. The Bertz CT molecular complexity index is 870. The van der Waals surface area contributed by atoms with E-state index in [1.165, 1.54) is 29.3 Å². The van der Waals surface area contributed by atoms with E-state index in [-0.39, 0.29) is 11.9 Å². The molecule has 1 aromatic carbocycles. The molecule has 0 amide bonds. The Hall–Kier alpha value is -2.27. The molecule has 2 aromatic rings. The van der Waals surface area contributed by atoms with Crippen molar-refractivity contribution >= 4 is 16.9 Å². The number of nitrogens with one attached hydrogen (secondary N) is 1. The minimum Gasteiger partial charge on any atom is -0.504 e. The van der Waals surface area contributed by atoms with Gasteiger partial charge in [-0.15, -0.1) is 0 Å². The predicted octanol–water partition coefficient (Wildman–Crippen LogP) is 3.82. The van der Waals surface area contributed by atoms with Gasteiger partial charge in [-0.3, -0.25) is 4.90 Å². The standard InChI is InChI=1S/C22H28N2O3/c1-4-14-12-24-10-9-16-15-7-5-6-8-19(15)23-21(16)20(24)11-17(14)18(13-26-2)22(25)27-3/h5-8,13-14,17,20,23H,4,9-12H2,1-3H3/b18-13-. The summed E-state index contributed by atoms with van der Waals surface area (Å²) < 4.78 is 10.3. The van der Waals surface area contributed by atoms with Crippen LogP contribution in [0.4, 0.5) is 0 Å². The molecule has 0 saturated carbocycles. The van der Waals surface area contributed by atoms with E-state index in [1.807, 2.05) is 0 Å². The molecule has 5 heteroatoms. The molecule has 3 atom stereocenters. The lowest BCUT2D eigenvalue weighted by molar-refractivity contribution is -0.137. The normalized spacial score (nSPS) is 25.7. The first-order chi connectivity index (χ1) is 13.2. The molecule has 5 nitrogen and oxygen atoms in total. The summed E-state index contributed by atoms with van der Waals surface area (Å²) in [5.74, 6) is 0.287. The topological polar surface area (TPSA) is 54.6 Å². The van der Waals surface area contributed by atoms with Crippen LogP contribution in [-0.2, 0) is 20.7 Å². The molecule has 1 aromatic heterocycles. The van der Waals surface area contributed by atoms with E-state index in [1.54, 1.807) is 13.4 Å². The third kappa shape index (κ3) is 3.04. The van der Waals surface area contributed by atoms with Gasteiger partial charge >= 0.3 is 5.97 Å². The molecular weight excluding hydrogens is 340 g/mol. The molecule has 0 radical (unpaired) electrons. The van der Waals surface area contributed by atoms with Crippen molar-refractivity contribution in [1.82, 2.24) is 9.88 Å². The second-order valence-corrected chi connectivity index (χ2v) is 7.63. The molecule has 144 valence electrons. The molecule has 2 aliphatic rings. The lowest BCUT2D eigenvalue weighted by atomic mass is 9.74. The molecule has 1 N–H and O–H groups in total. The van der Waals surface area contributed by atoms with Gasteiger partial charge in [-0.25, -0.2) is 4.79 Å². The maximum Gasteiger partial charge on any atom is 0.337 e. The Morgan fingerprint density at radius 3 is 2.89 bits per heavy atom. The first-order valence-corrected chi connectivity index (χ1v) is 9.82. The van der Waals surface area contributed by atoms with Crippen LogP contribution >= 0.6 is 0 Å². The number of para-hydroxylation sites is 1. The van der Waals surface area contributed by atoms with Gasteiger partial charge in [0.15, 0.2) is 0 Å². The maximum absolute atomic E-state index is 12.4. The molecule has 2 aliphatic heterocycles. The van der Waals surface area contributed by atoms with E-state index in [2.05, 4.69) is 41.1 Å². The van der Waals surface area contributed by atoms with Crippen LogP contribution in [0.15, 0.2) is 36.1 Å². The van der Waals surface area contributed by atoms with Crippen molar-refractivity contribution in [3.63, 3.8) is 0 Å². The van der Waals surface area contributed by atoms with Crippen LogP contribution in [0, 0.1) is 11.8 Å². The number of methoxy groups -OCH3 is 2. The van der Waals surface area contributed by atoms with Crippen molar-refractivity contribution in [1.29, 1.82) is 0 Å². The summed E-state index contributed by atoms with van der Waals surface area (Å²) >= 11 is 0. The molecule has 1 saturated heterocycles. The lowest BCUT2D eigenvalue weighted by Gasteiger charge is -2.46. The number of ether oxygens (including phenoxy) is 2. The number of carbonyl (C=O) groups excluding carboxylic acids is 1. The predicted molar refractivity (Wildman–Crippen MR) is 105 cm³/mol. The van der Waals surface area contributed by atoms with Gasteiger partial charge in [0.2, 0.25) is 0 Å². The number of esters is 1. The van der Waals surface area contributed by atoms with Crippen molar-refractivity contribution < 1.29 is 14.3 Å². The Morgan fingerprint density at radius 1 is 1.33 bits per heavy atom. The van der Waals surface area contributed by atoms with Crippen molar-refractivity contribution in [2.45, 2.75) is 32.2 Å². The van der Waals surface area contributed by atoms with Gasteiger partial charge in [0.05, 0.1) is 32.1 Å². The Balaban J connectivity index is 1.73. The number of nitrogens with zero attached hydrogens (tertiary/aromatic N) is 1. The van der Waals surface area contributed by atoms with Crippen LogP contribution < -0.4 is 0 Å². The fourth-order valence-electron chi connectivity index (χ4n) is 5.04. The number of carbonyl (C=O) groups is 1. The Morgan fingerprint density at radius 2 is 2.15 bits per heavy atom. The quantitative estimate of drug-likeness (QED) is 0.506. The molecule has 4 rings (SSSR count). The second kappa shape index (κ2) is 7.39. The van der Waals surface area contributed by atoms with Crippen molar-refractivity contribution in [2.24, 2.45) is 11.8 Å². The number of H-pyrrole nitrogens is 1. The number of rotatable bonds is 4. The number of fused-ring (bicyclic) bond motifs is 5. The highest BCUT2D eigenvalue weighted by Gasteiger charge is 2.42. The molecular formula is C22H28N2O3. The first-order valence-electron chi connectivity index (χ1n) is 9.82. The minimum absolute atomic E-state index is 0.140. The largest absolute Gasteiger partial charge is 0.504 e. The third-order valence-corrected chi connectivity index (χ3v) is 6.37. The fraction of sp³-hybridized carbons (Fsp3) is 0.500. The van der Waals surface area contributed by atoms with Crippen LogP contribution in [0.5, 0.6) is 0 Å². The Labute approximate surface area is 160 Å². The Kier molecular flexibility index (Phi) is 4.96. The summed E-state index contributed by atoms with van der Waals surface area (Å²) in [4.78, 5) is 18.7. The fourth-order valence-corrected chi connectivity index (χ4v) is 5.04. The lowest BCUT2D eigenvalue weighted by Crippen LogP contribution is -2.47. The average molecular weight is 368 g/mol. The van der Waals surface area contributed by atoms with Gasteiger partial charge < -0.3 is 14.5 Å². The van der Waals surface area contributed by atoms with Crippen molar-refractivity contribution in [2.75, 3.05) is 27.3 Å². The zero-order valence-corrected chi connectivity index (χ0v) is 16.3. The first kappa shape index (κ1) is 18.1. The second-order valence-electron chi connectivity index (χ2n) is 7.63. The summed E-state index contributed by atoms with van der Waals surface area (Å²) in [5, 5.41) is 1.34. The molecule has 3 heterocycles. The highest BCUT2D eigenvalue weighted by Crippen LogP contribution is 2.45. The maximum atomic E-state index is 12.4. The van der Waals surface area contributed by atoms with E-state index >= 15 is 0 Å². The zero-order valence-electron chi connectivity index (χ0n) is 16.3. The number of aromatic nitrogens is 1. The smallest absolute Gasteiger partial charge is 0.337 e. The third-order valence-electron chi connectivity index (χ3n) is 6.37. The van der Waals surface area contributed by atoms with Crippen LogP contribution in [0.3, 0.4) is 0 Å². The number of piperidine rings is 1. The van der Waals surface area contributed by atoms with Gasteiger partial charge in [0.1, 0.15) is 0 Å². The summed E-state index contributed by atoms with van der Waals surface area (Å²) in [6.45, 7) is 4.28. The highest BCUT2D eigenvalue weighted by atomic mass is 16.5. The molecule has 0 aliphatic carbocycles. The highest BCUT2D eigenvalue weighted by molar-refractivity contribution is 5.89. The van der Waals surface area contributed by atoms with Gasteiger partial charge in [-0.2, -0.15) is 0 Å². The summed E-state index contributed by atoms with van der Waals surface area (Å²) in [7, 11) is 3.04. The van der Waals surface area contributed by atoms with Gasteiger partial charge in [-0.05, 0) is 36.3 Å². The molecule has 3 unspecified atom stereocenters. The summed E-state index contributed by atoms with van der Waals surface area (Å²) in [5.41, 5.74) is 4.63. The number of hydrogen-bond acceptors (Lipinski definition) is 4. The summed E-state index contributed by atoms with van der Waals surface area (Å²) in [6, 6.07) is 8.85. The van der Waals surface area contributed by atoms with Crippen molar-refractivity contribution in [3.05, 3.63) is 47.4 Å². The monoisotopic (exact) mass is 368 g/mol. The summed E-state index contributed by atoms with van der Waals surface area (Å²) in [6.07, 6.45) is 4.60. The van der Waals surface area contributed by atoms with Crippen molar-refractivity contribution in [3.8, 4) is 0 Å². The number of benzene rings is 1. The number of hydrogen-bond donors (Lipinski definition) is 1. The minimum atomic E-state index is -0.276. The van der Waals surface area contributed by atoms with Crippen LogP contribution in [0.2, 0.25) is 0 Å². The molecule has 0 spiro atoms. The van der Waals surface area contributed by atoms with E-state index in [4.69, 9.17) is 9.47 Å². The van der Waals surface area contributed by atoms with Gasteiger partial charge in [0, 0.05) is 29.7 Å². The molecule has 0 bridgehead atoms. The molecule has 27 heavy (non-hydrogen) atoms. The van der Waals surface area contributed by atoms with Crippen LogP contribution in [0.1, 0.15) is 37.1 Å². The van der Waals surface area contributed by atoms with E-state index in [0.29, 0.717) is 17.5 Å². The van der Waals surface area contributed by atoms with E-state index < -0.39 is 0 Å². The van der Waals surface area contributed by atoms with Gasteiger partial charge in [0.25, 0.3) is 0 Å². The molecule has 1 fully saturated rings. The van der Waals surface area contributed by atoms with E-state index in [9.17, 15) is 4.79 Å². The average Bonchev–Trinajstić information content (AvgIpc) is 3.09. The van der Waals surface area contributed by atoms with Crippen LogP contribution in [-0.4, -0.2) is 43.2 Å². The zero-order chi connectivity index (χ0) is 19.0. The van der Waals surface area contributed by atoms with E-state index in [0.717, 1.165) is 32.4 Å². The van der Waals surface area contributed by atoms with Crippen LogP contribution in [0.25, 0.3) is 10.9 Å².